The molecule has 1 unspecified atom stereocenters. The first-order chi connectivity index (χ1) is 9.71. The van der Waals surface area contributed by atoms with Crippen molar-refractivity contribution in [3.63, 3.8) is 0 Å². The predicted molar refractivity (Wildman–Crippen MR) is 83.6 cm³/mol. The summed E-state index contributed by atoms with van der Waals surface area (Å²) in [4.78, 5) is 4.48. The zero-order chi connectivity index (χ0) is 14.4. The number of hydrazine groups is 1. The van der Waals surface area contributed by atoms with Crippen LogP contribution >= 0.6 is 11.6 Å². The molecular formula is C16H20ClN3. The largest absolute Gasteiger partial charge is 0.271 e. The van der Waals surface area contributed by atoms with Crippen molar-refractivity contribution in [3.05, 3.63) is 64.4 Å². The van der Waals surface area contributed by atoms with E-state index in [1.54, 1.807) is 0 Å². The van der Waals surface area contributed by atoms with Crippen LogP contribution in [0.3, 0.4) is 0 Å². The van der Waals surface area contributed by atoms with Crippen LogP contribution in [0.2, 0.25) is 5.02 Å². The van der Waals surface area contributed by atoms with E-state index < -0.39 is 0 Å². The van der Waals surface area contributed by atoms with Crippen molar-refractivity contribution in [3.8, 4) is 0 Å². The number of hydrogen-bond donors (Lipinski definition) is 2. The van der Waals surface area contributed by atoms with Crippen LogP contribution < -0.4 is 11.3 Å². The van der Waals surface area contributed by atoms with E-state index in [1.807, 2.05) is 30.5 Å². The molecule has 3 N–H and O–H groups in total. The topological polar surface area (TPSA) is 50.9 Å². The van der Waals surface area contributed by atoms with E-state index in [0.717, 1.165) is 30.0 Å². The maximum absolute atomic E-state index is 5.89. The predicted octanol–water partition coefficient (Wildman–Crippen LogP) is 2.91. The Hall–Kier alpha value is -1.42. The first-order valence-corrected chi connectivity index (χ1v) is 7.23. The zero-order valence-electron chi connectivity index (χ0n) is 11.6. The molecular weight excluding hydrogens is 270 g/mol. The Morgan fingerprint density at radius 2 is 1.80 bits per heavy atom. The average Bonchev–Trinajstić information content (AvgIpc) is 2.49. The molecule has 106 valence electrons. The summed E-state index contributed by atoms with van der Waals surface area (Å²) in [6, 6.07) is 12.2. The van der Waals surface area contributed by atoms with E-state index in [2.05, 4.69) is 29.5 Å². The molecule has 1 atom stereocenters. The normalized spacial score (nSPS) is 12.3. The molecule has 1 heterocycles. The SMILES string of the molecule is CCc1ccc(CC(Cc2ccc(Cl)cc2)NN)nc1. The Labute approximate surface area is 125 Å². The molecule has 0 aliphatic heterocycles. The number of nitrogens with one attached hydrogen (secondary N) is 1. The summed E-state index contributed by atoms with van der Waals surface area (Å²) in [6.45, 7) is 2.13. The minimum Gasteiger partial charge on any atom is -0.271 e. The summed E-state index contributed by atoms with van der Waals surface area (Å²) in [6.07, 6.45) is 4.61. The molecule has 0 saturated heterocycles. The second-order valence-corrected chi connectivity index (χ2v) is 5.35. The third kappa shape index (κ3) is 4.30. The summed E-state index contributed by atoms with van der Waals surface area (Å²) < 4.78 is 0. The van der Waals surface area contributed by atoms with Crippen LogP contribution in [0.4, 0.5) is 0 Å². The number of nitrogens with two attached hydrogens (primary N) is 1. The van der Waals surface area contributed by atoms with Crippen LogP contribution in [0.5, 0.6) is 0 Å². The van der Waals surface area contributed by atoms with Crippen molar-refractivity contribution in [1.82, 2.24) is 10.4 Å². The van der Waals surface area contributed by atoms with Crippen LogP contribution in [-0.2, 0) is 19.3 Å². The fourth-order valence-electron chi connectivity index (χ4n) is 2.13. The highest BCUT2D eigenvalue weighted by molar-refractivity contribution is 6.30. The first kappa shape index (κ1) is 15.0. The van der Waals surface area contributed by atoms with Gasteiger partial charge in [-0.3, -0.25) is 16.3 Å². The minimum atomic E-state index is 0.163. The summed E-state index contributed by atoms with van der Waals surface area (Å²) in [5.41, 5.74) is 6.39. The molecule has 0 spiro atoms. The molecule has 2 rings (SSSR count). The van der Waals surface area contributed by atoms with E-state index >= 15 is 0 Å². The molecule has 3 nitrogen and oxygen atoms in total. The number of halogens is 1. The van der Waals surface area contributed by atoms with Crippen molar-refractivity contribution in [2.45, 2.75) is 32.2 Å². The maximum atomic E-state index is 5.89. The lowest BCUT2D eigenvalue weighted by molar-refractivity contribution is 0.517. The van der Waals surface area contributed by atoms with Crippen LogP contribution in [-0.4, -0.2) is 11.0 Å². The molecule has 20 heavy (non-hydrogen) atoms. The lowest BCUT2D eigenvalue weighted by Crippen LogP contribution is -2.38. The Kier molecular flexibility index (Phi) is 5.53. The fourth-order valence-corrected chi connectivity index (χ4v) is 2.26. The van der Waals surface area contributed by atoms with E-state index in [-0.39, 0.29) is 6.04 Å². The van der Waals surface area contributed by atoms with Crippen molar-refractivity contribution in [2.75, 3.05) is 0 Å². The van der Waals surface area contributed by atoms with E-state index in [9.17, 15) is 0 Å². The minimum absolute atomic E-state index is 0.163. The Balaban J connectivity index is 1.99. The van der Waals surface area contributed by atoms with Gasteiger partial charge in [-0.1, -0.05) is 36.7 Å². The van der Waals surface area contributed by atoms with Crippen molar-refractivity contribution in [1.29, 1.82) is 0 Å². The molecule has 2 aromatic rings. The third-order valence-corrected chi connectivity index (χ3v) is 3.63. The van der Waals surface area contributed by atoms with Gasteiger partial charge < -0.3 is 0 Å². The van der Waals surface area contributed by atoms with Gasteiger partial charge in [-0.15, -0.1) is 0 Å². The Bertz CT molecular complexity index is 522. The highest BCUT2D eigenvalue weighted by atomic mass is 35.5. The summed E-state index contributed by atoms with van der Waals surface area (Å²) >= 11 is 5.89. The van der Waals surface area contributed by atoms with Crippen molar-refractivity contribution >= 4 is 11.6 Å². The smallest absolute Gasteiger partial charge is 0.0419 e. The zero-order valence-corrected chi connectivity index (χ0v) is 12.4. The molecule has 0 aliphatic carbocycles. The van der Waals surface area contributed by atoms with Gasteiger partial charge in [-0.2, -0.15) is 0 Å². The molecule has 0 aliphatic rings. The molecule has 0 fully saturated rings. The molecule has 0 saturated carbocycles. The molecule has 1 aromatic carbocycles. The number of nitrogens with zero attached hydrogens (tertiary/aromatic N) is 1. The van der Waals surface area contributed by atoms with E-state index in [1.165, 1.54) is 11.1 Å². The molecule has 4 heteroatoms. The monoisotopic (exact) mass is 289 g/mol. The highest BCUT2D eigenvalue weighted by Crippen LogP contribution is 2.12. The number of hydrogen-bond acceptors (Lipinski definition) is 3. The summed E-state index contributed by atoms with van der Waals surface area (Å²) in [7, 11) is 0. The molecule has 1 aromatic heterocycles. The third-order valence-electron chi connectivity index (χ3n) is 3.38. The van der Waals surface area contributed by atoms with Crippen LogP contribution in [0, 0.1) is 0 Å². The van der Waals surface area contributed by atoms with Gasteiger partial charge in [0.1, 0.15) is 0 Å². The lowest BCUT2D eigenvalue weighted by Gasteiger charge is -2.15. The molecule has 0 radical (unpaired) electrons. The van der Waals surface area contributed by atoms with Gasteiger partial charge in [0.05, 0.1) is 0 Å². The maximum Gasteiger partial charge on any atom is 0.0419 e. The number of benzene rings is 1. The highest BCUT2D eigenvalue weighted by Gasteiger charge is 2.10. The Morgan fingerprint density at radius 3 is 2.35 bits per heavy atom. The number of aryl methyl sites for hydroxylation is 1. The molecule has 0 bridgehead atoms. The number of rotatable bonds is 6. The van der Waals surface area contributed by atoms with Gasteiger partial charge in [0.25, 0.3) is 0 Å². The quantitative estimate of drug-likeness (QED) is 0.635. The van der Waals surface area contributed by atoms with E-state index in [4.69, 9.17) is 17.4 Å². The summed E-state index contributed by atoms with van der Waals surface area (Å²) in [5, 5.41) is 0.753. The van der Waals surface area contributed by atoms with Gasteiger partial charge >= 0.3 is 0 Å². The van der Waals surface area contributed by atoms with Gasteiger partial charge in [-0.05, 0) is 42.2 Å². The van der Waals surface area contributed by atoms with Gasteiger partial charge in [0.2, 0.25) is 0 Å². The second-order valence-electron chi connectivity index (χ2n) is 4.91. The number of pyridine rings is 1. The van der Waals surface area contributed by atoms with Gasteiger partial charge in [0.15, 0.2) is 0 Å². The fraction of sp³-hybridized carbons (Fsp3) is 0.312. The average molecular weight is 290 g/mol. The van der Waals surface area contributed by atoms with Crippen LogP contribution in [0.15, 0.2) is 42.6 Å². The molecule has 0 amide bonds. The first-order valence-electron chi connectivity index (χ1n) is 6.85. The lowest BCUT2D eigenvalue weighted by atomic mass is 10.0. The second kappa shape index (κ2) is 7.39. The Morgan fingerprint density at radius 1 is 1.10 bits per heavy atom. The van der Waals surface area contributed by atoms with Gasteiger partial charge in [0, 0.05) is 29.4 Å². The van der Waals surface area contributed by atoms with Gasteiger partial charge in [-0.25, -0.2) is 0 Å². The van der Waals surface area contributed by atoms with Crippen molar-refractivity contribution in [2.24, 2.45) is 5.84 Å². The van der Waals surface area contributed by atoms with Crippen LogP contribution in [0.1, 0.15) is 23.7 Å². The summed E-state index contributed by atoms with van der Waals surface area (Å²) in [5.74, 6) is 5.65. The van der Waals surface area contributed by atoms with Crippen LogP contribution in [0.25, 0.3) is 0 Å². The number of aromatic nitrogens is 1. The standard InChI is InChI=1S/C16H20ClN3/c1-2-12-5-8-15(19-11-12)10-16(20-18)9-13-3-6-14(17)7-4-13/h3-8,11,16,20H,2,9-10,18H2,1H3. The van der Waals surface area contributed by atoms with E-state index in [0.29, 0.717) is 0 Å². The van der Waals surface area contributed by atoms with Crippen molar-refractivity contribution < 1.29 is 0 Å².